The molecule has 1 atom stereocenters. The highest BCUT2D eigenvalue weighted by molar-refractivity contribution is 9.10. The van der Waals surface area contributed by atoms with Gasteiger partial charge in [0.05, 0.1) is 23.6 Å². The fourth-order valence-corrected chi connectivity index (χ4v) is 4.16. The van der Waals surface area contributed by atoms with E-state index in [4.69, 9.17) is 19.9 Å². The van der Waals surface area contributed by atoms with E-state index in [1.807, 2.05) is 39.0 Å². The molecule has 1 aliphatic heterocycles. The predicted octanol–water partition coefficient (Wildman–Crippen LogP) is 3.90. The van der Waals surface area contributed by atoms with E-state index in [9.17, 15) is 4.79 Å². The normalized spacial score (nSPS) is 15.5. The lowest BCUT2D eigenvalue weighted by Gasteiger charge is -2.20. The number of fused-ring (bicyclic) bond motifs is 2. The Kier molecular flexibility index (Phi) is 5.79. The molecule has 0 unspecified atom stereocenters. The Balaban J connectivity index is 1.49. The van der Waals surface area contributed by atoms with Crippen molar-refractivity contribution in [3.05, 3.63) is 46.2 Å². The number of aromatic nitrogens is 3. The number of carbonyl (C=O) groups is 1. The number of aryl methyl sites for hydroxylation is 1. The molecule has 0 radical (unpaired) electrons. The van der Waals surface area contributed by atoms with Gasteiger partial charge in [0.1, 0.15) is 17.7 Å². The Morgan fingerprint density at radius 1 is 1.39 bits per heavy atom. The fourth-order valence-electron chi connectivity index (χ4n) is 3.68. The number of nitrogen functional groups attached to an aromatic ring is 1. The molecule has 0 spiro atoms. The standard InChI is InChI=1S/C22H25BrN4O4/c1-22(2,3)31-18(28)8-7-13-5-4-6-16-19(13)14(10-29-16)11-30-17-9-15(23)21-26-25-12-27(21)20(17)24/h4-6,9,12,14H,7-8,10-11,24H2,1-3H3/t14-/m1/s1. The smallest absolute Gasteiger partial charge is 0.306 e. The van der Waals surface area contributed by atoms with E-state index in [1.54, 1.807) is 16.8 Å². The van der Waals surface area contributed by atoms with Crippen molar-refractivity contribution in [2.45, 2.75) is 45.1 Å². The summed E-state index contributed by atoms with van der Waals surface area (Å²) >= 11 is 3.48. The van der Waals surface area contributed by atoms with E-state index in [0.717, 1.165) is 21.3 Å². The SMILES string of the molecule is CC(C)(C)OC(=O)CCc1cccc2c1[C@@H](COc1cc(Br)c3nncn3c1N)CO2. The summed E-state index contributed by atoms with van der Waals surface area (Å²) in [5.41, 5.74) is 8.51. The quantitative estimate of drug-likeness (QED) is 0.524. The molecule has 8 nitrogen and oxygen atoms in total. The van der Waals surface area contributed by atoms with Crippen LogP contribution in [-0.4, -0.2) is 39.4 Å². The molecule has 3 aromatic rings. The average molecular weight is 489 g/mol. The van der Waals surface area contributed by atoms with Gasteiger partial charge < -0.3 is 19.9 Å². The van der Waals surface area contributed by atoms with Gasteiger partial charge in [-0.15, -0.1) is 10.2 Å². The lowest BCUT2D eigenvalue weighted by atomic mass is 9.93. The highest BCUT2D eigenvalue weighted by Crippen LogP contribution is 2.38. The van der Waals surface area contributed by atoms with Gasteiger partial charge in [-0.1, -0.05) is 12.1 Å². The lowest BCUT2D eigenvalue weighted by Crippen LogP contribution is -2.24. The van der Waals surface area contributed by atoms with Crippen LogP contribution in [0.1, 0.15) is 44.2 Å². The third-order valence-electron chi connectivity index (χ3n) is 4.99. The number of carbonyl (C=O) groups excluding carboxylic acids is 1. The maximum absolute atomic E-state index is 12.2. The number of rotatable bonds is 6. The first kappa shape index (κ1) is 21.4. The number of anilines is 1. The number of esters is 1. The zero-order chi connectivity index (χ0) is 22.2. The molecule has 4 rings (SSSR count). The van der Waals surface area contributed by atoms with E-state index >= 15 is 0 Å². The third kappa shape index (κ3) is 4.61. The molecule has 1 aromatic carbocycles. The van der Waals surface area contributed by atoms with Crippen LogP contribution in [0.3, 0.4) is 0 Å². The lowest BCUT2D eigenvalue weighted by molar-refractivity contribution is -0.154. The summed E-state index contributed by atoms with van der Waals surface area (Å²) in [5, 5.41) is 7.92. The van der Waals surface area contributed by atoms with Crippen molar-refractivity contribution in [1.29, 1.82) is 0 Å². The molecule has 1 aliphatic rings. The highest BCUT2D eigenvalue weighted by atomic mass is 79.9. The summed E-state index contributed by atoms with van der Waals surface area (Å²) in [6.45, 7) is 6.50. The Morgan fingerprint density at radius 2 is 2.19 bits per heavy atom. The summed E-state index contributed by atoms with van der Waals surface area (Å²) < 4.78 is 19.8. The molecule has 2 aromatic heterocycles. The third-order valence-corrected chi connectivity index (χ3v) is 5.58. The van der Waals surface area contributed by atoms with Gasteiger partial charge >= 0.3 is 5.97 Å². The fraction of sp³-hybridized carbons (Fsp3) is 0.409. The van der Waals surface area contributed by atoms with Crippen LogP contribution in [0, 0.1) is 0 Å². The monoisotopic (exact) mass is 488 g/mol. The molecule has 164 valence electrons. The van der Waals surface area contributed by atoms with E-state index < -0.39 is 5.60 Å². The van der Waals surface area contributed by atoms with Gasteiger partial charge in [0, 0.05) is 18.1 Å². The molecule has 0 fully saturated rings. The van der Waals surface area contributed by atoms with Crippen LogP contribution < -0.4 is 15.2 Å². The van der Waals surface area contributed by atoms with E-state index in [0.29, 0.717) is 43.3 Å². The molecule has 3 heterocycles. The largest absolute Gasteiger partial charge is 0.493 e. The minimum atomic E-state index is -0.491. The molecule has 0 amide bonds. The van der Waals surface area contributed by atoms with Crippen molar-refractivity contribution in [2.24, 2.45) is 0 Å². The van der Waals surface area contributed by atoms with Crippen molar-refractivity contribution in [3.63, 3.8) is 0 Å². The molecule has 2 N–H and O–H groups in total. The minimum absolute atomic E-state index is 0.0274. The molecular formula is C22H25BrN4O4. The molecular weight excluding hydrogens is 464 g/mol. The van der Waals surface area contributed by atoms with Crippen molar-refractivity contribution in [3.8, 4) is 11.5 Å². The Morgan fingerprint density at radius 3 is 2.97 bits per heavy atom. The molecule has 0 saturated heterocycles. The van der Waals surface area contributed by atoms with Crippen LogP contribution in [-0.2, 0) is 16.0 Å². The van der Waals surface area contributed by atoms with Gasteiger partial charge in [-0.25, -0.2) is 0 Å². The summed E-state index contributed by atoms with van der Waals surface area (Å²) in [4.78, 5) is 12.2. The number of nitrogens with two attached hydrogens (primary N) is 1. The van der Waals surface area contributed by atoms with Crippen molar-refractivity contribution in [2.75, 3.05) is 18.9 Å². The van der Waals surface area contributed by atoms with Crippen molar-refractivity contribution < 1.29 is 19.0 Å². The average Bonchev–Trinajstić information content (AvgIpc) is 3.34. The van der Waals surface area contributed by atoms with Crippen LogP contribution in [0.5, 0.6) is 11.5 Å². The predicted molar refractivity (Wildman–Crippen MR) is 119 cm³/mol. The second kappa shape index (κ2) is 8.37. The van der Waals surface area contributed by atoms with Crippen molar-refractivity contribution >= 4 is 33.4 Å². The Bertz CT molecular complexity index is 1120. The van der Waals surface area contributed by atoms with Gasteiger partial charge in [0.2, 0.25) is 0 Å². The first-order chi connectivity index (χ1) is 14.7. The number of benzene rings is 1. The minimum Gasteiger partial charge on any atom is -0.493 e. The van der Waals surface area contributed by atoms with Gasteiger partial charge in [-0.3, -0.25) is 9.20 Å². The van der Waals surface area contributed by atoms with Crippen LogP contribution in [0.25, 0.3) is 5.65 Å². The number of halogens is 1. The van der Waals surface area contributed by atoms with Gasteiger partial charge in [0.15, 0.2) is 17.2 Å². The van der Waals surface area contributed by atoms with Crippen LogP contribution in [0.15, 0.2) is 35.1 Å². The Labute approximate surface area is 188 Å². The number of pyridine rings is 1. The number of hydrogen-bond donors (Lipinski definition) is 1. The number of hydrogen-bond acceptors (Lipinski definition) is 7. The first-order valence-electron chi connectivity index (χ1n) is 10.1. The molecule has 0 saturated carbocycles. The topological polar surface area (TPSA) is 101 Å². The zero-order valence-electron chi connectivity index (χ0n) is 17.7. The van der Waals surface area contributed by atoms with Gasteiger partial charge in [0.25, 0.3) is 0 Å². The zero-order valence-corrected chi connectivity index (χ0v) is 19.3. The highest BCUT2D eigenvalue weighted by Gasteiger charge is 2.28. The maximum atomic E-state index is 12.2. The van der Waals surface area contributed by atoms with Gasteiger partial charge in [-0.2, -0.15) is 0 Å². The van der Waals surface area contributed by atoms with E-state index in [-0.39, 0.29) is 11.9 Å². The number of nitrogens with zero attached hydrogens (tertiary/aromatic N) is 3. The summed E-state index contributed by atoms with van der Waals surface area (Å²) in [6.07, 6.45) is 2.44. The van der Waals surface area contributed by atoms with Gasteiger partial charge in [-0.05, 0) is 54.8 Å². The molecule has 0 aliphatic carbocycles. The first-order valence-corrected chi connectivity index (χ1v) is 10.9. The van der Waals surface area contributed by atoms with Crippen LogP contribution >= 0.6 is 15.9 Å². The summed E-state index contributed by atoms with van der Waals surface area (Å²) in [5.74, 6) is 1.62. The molecule has 0 bridgehead atoms. The second-order valence-electron chi connectivity index (χ2n) is 8.50. The van der Waals surface area contributed by atoms with Crippen molar-refractivity contribution in [1.82, 2.24) is 14.6 Å². The molecule has 31 heavy (non-hydrogen) atoms. The molecule has 9 heteroatoms. The summed E-state index contributed by atoms with van der Waals surface area (Å²) in [6, 6.07) is 7.71. The second-order valence-corrected chi connectivity index (χ2v) is 9.35. The van der Waals surface area contributed by atoms with E-state index in [2.05, 4.69) is 26.1 Å². The Hall–Kier alpha value is -2.81. The van der Waals surface area contributed by atoms with Crippen LogP contribution in [0.4, 0.5) is 5.82 Å². The summed E-state index contributed by atoms with van der Waals surface area (Å²) in [7, 11) is 0. The number of ether oxygens (including phenoxy) is 3. The van der Waals surface area contributed by atoms with E-state index in [1.165, 1.54) is 0 Å². The van der Waals surface area contributed by atoms with Crippen LogP contribution in [0.2, 0.25) is 0 Å². The maximum Gasteiger partial charge on any atom is 0.306 e.